The van der Waals surface area contributed by atoms with Gasteiger partial charge < -0.3 is 19.3 Å². The fourth-order valence-electron chi connectivity index (χ4n) is 2.61. The molecule has 0 unspecified atom stereocenters. The van der Waals surface area contributed by atoms with Crippen molar-refractivity contribution in [3.05, 3.63) is 29.3 Å². The van der Waals surface area contributed by atoms with Crippen molar-refractivity contribution in [3.8, 4) is 5.75 Å². The molecular weight excluding hydrogens is 386 g/mol. The van der Waals surface area contributed by atoms with Crippen molar-refractivity contribution in [2.45, 2.75) is 18.4 Å². The van der Waals surface area contributed by atoms with Gasteiger partial charge in [0.15, 0.2) is 0 Å². The number of halogens is 1. The minimum Gasteiger partial charge on any atom is -0.492 e. The van der Waals surface area contributed by atoms with E-state index >= 15 is 0 Å². The molecule has 0 saturated carbocycles. The third-order valence-corrected chi connectivity index (χ3v) is 6.39. The Balaban J connectivity index is 1.93. The van der Waals surface area contributed by atoms with Crippen LogP contribution in [-0.4, -0.2) is 68.8 Å². The number of hydrogen-bond donors (Lipinski definition) is 1. The highest BCUT2D eigenvalue weighted by molar-refractivity contribution is 7.89. The molecule has 1 aliphatic rings. The first kappa shape index (κ1) is 20.8. The Kier molecular flexibility index (Phi) is 7.10. The van der Waals surface area contributed by atoms with Crippen molar-refractivity contribution >= 4 is 27.8 Å². The molecule has 1 aromatic rings. The molecule has 26 heavy (non-hydrogen) atoms. The Labute approximate surface area is 157 Å². The molecule has 1 fully saturated rings. The molecule has 146 valence electrons. The van der Waals surface area contributed by atoms with Gasteiger partial charge >= 0.3 is 6.16 Å². The summed E-state index contributed by atoms with van der Waals surface area (Å²) in [6, 6.07) is 6.73. The van der Waals surface area contributed by atoms with E-state index in [1.54, 1.807) is 24.3 Å². The van der Waals surface area contributed by atoms with Crippen molar-refractivity contribution in [2.24, 2.45) is 0 Å². The topological polar surface area (TPSA) is 102 Å². The first-order valence-electron chi connectivity index (χ1n) is 8.05. The highest BCUT2D eigenvalue weighted by Crippen LogP contribution is 2.28. The number of rotatable bonds is 8. The SMILES string of the molecule is CN(CCOc1ccc(Cl)cc1)S(=O)(=O)CC1(OC(=O)O)CCOCC1. The first-order valence-corrected chi connectivity index (χ1v) is 10.0. The quantitative estimate of drug-likeness (QED) is 0.659. The van der Waals surface area contributed by atoms with E-state index in [1.807, 2.05) is 0 Å². The molecule has 1 N–H and O–H groups in total. The predicted octanol–water partition coefficient (Wildman–Crippen LogP) is 2.22. The van der Waals surface area contributed by atoms with Crippen LogP contribution in [0, 0.1) is 0 Å². The van der Waals surface area contributed by atoms with Crippen LogP contribution < -0.4 is 4.74 Å². The first-order chi connectivity index (χ1) is 12.2. The second-order valence-corrected chi connectivity index (χ2v) is 8.56. The molecule has 0 amide bonds. The fourth-order valence-corrected chi connectivity index (χ4v) is 4.32. The maximum Gasteiger partial charge on any atom is 0.506 e. The van der Waals surface area contributed by atoms with Crippen molar-refractivity contribution < 1.29 is 32.5 Å². The van der Waals surface area contributed by atoms with Gasteiger partial charge in [-0.2, -0.15) is 0 Å². The number of carbonyl (C=O) groups is 1. The van der Waals surface area contributed by atoms with E-state index in [0.29, 0.717) is 10.8 Å². The molecule has 0 aromatic heterocycles. The van der Waals surface area contributed by atoms with E-state index in [4.69, 9.17) is 30.9 Å². The lowest BCUT2D eigenvalue weighted by Gasteiger charge is -2.36. The predicted molar refractivity (Wildman–Crippen MR) is 95.3 cm³/mol. The van der Waals surface area contributed by atoms with Gasteiger partial charge in [0, 0.05) is 31.5 Å². The van der Waals surface area contributed by atoms with Crippen molar-refractivity contribution in [3.63, 3.8) is 0 Å². The summed E-state index contributed by atoms with van der Waals surface area (Å²) in [6.07, 6.45) is -1.09. The van der Waals surface area contributed by atoms with Gasteiger partial charge in [0.2, 0.25) is 10.0 Å². The summed E-state index contributed by atoms with van der Waals surface area (Å²) in [7, 11) is -2.31. The van der Waals surface area contributed by atoms with Crippen LogP contribution in [0.2, 0.25) is 5.02 Å². The molecule has 1 aromatic carbocycles. The van der Waals surface area contributed by atoms with Gasteiger partial charge in [-0.3, -0.25) is 0 Å². The van der Waals surface area contributed by atoms with Gasteiger partial charge in [-0.1, -0.05) is 11.6 Å². The number of nitrogens with zero attached hydrogens (tertiary/aromatic N) is 1. The van der Waals surface area contributed by atoms with E-state index in [1.165, 1.54) is 7.05 Å². The van der Waals surface area contributed by atoms with Gasteiger partial charge in [-0.15, -0.1) is 0 Å². The minimum absolute atomic E-state index is 0.116. The molecule has 0 atom stereocenters. The Bertz CT molecular complexity index is 702. The van der Waals surface area contributed by atoms with Gasteiger partial charge in [-0.05, 0) is 24.3 Å². The van der Waals surface area contributed by atoms with E-state index in [0.717, 1.165) is 4.31 Å². The van der Waals surface area contributed by atoms with Crippen molar-refractivity contribution in [1.82, 2.24) is 4.31 Å². The third kappa shape index (κ3) is 6.01. The molecule has 1 aliphatic heterocycles. The van der Waals surface area contributed by atoms with Crippen LogP contribution in [-0.2, 0) is 19.5 Å². The van der Waals surface area contributed by atoms with E-state index in [9.17, 15) is 13.2 Å². The smallest absolute Gasteiger partial charge is 0.492 e. The highest BCUT2D eigenvalue weighted by atomic mass is 35.5. The lowest BCUT2D eigenvalue weighted by molar-refractivity contribution is -0.0725. The van der Waals surface area contributed by atoms with Gasteiger partial charge in [-0.25, -0.2) is 17.5 Å². The van der Waals surface area contributed by atoms with Crippen molar-refractivity contribution in [1.29, 1.82) is 0 Å². The number of benzene rings is 1. The van der Waals surface area contributed by atoms with E-state index in [2.05, 4.69) is 0 Å². The minimum atomic E-state index is -3.74. The zero-order valence-corrected chi connectivity index (χ0v) is 16.0. The number of hydrogen-bond acceptors (Lipinski definition) is 6. The summed E-state index contributed by atoms with van der Waals surface area (Å²) < 4.78 is 42.0. The second kappa shape index (κ2) is 8.90. The van der Waals surface area contributed by atoms with E-state index < -0.39 is 27.5 Å². The maximum atomic E-state index is 12.6. The Morgan fingerprint density at radius 3 is 2.50 bits per heavy atom. The normalized spacial score (nSPS) is 17.0. The average Bonchev–Trinajstić information content (AvgIpc) is 2.56. The van der Waals surface area contributed by atoms with Crippen LogP contribution in [0.25, 0.3) is 0 Å². The highest BCUT2D eigenvalue weighted by Gasteiger charge is 2.42. The summed E-state index contributed by atoms with van der Waals surface area (Å²) in [5.74, 6) is 0.155. The number of likely N-dealkylation sites (N-methyl/N-ethyl adjacent to an activating group) is 1. The molecule has 10 heteroatoms. The van der Waals surface area contributed by atoms with Crippen molar-refractivity contribution in [2.75, 3.05) is 39.2 Å². The van der Waals surface area contributed by atoms with E-state index in [-0.39, 0.29) is 39.2 Å². The Hall–Kier alpha value is -1.55. The average molecular weight is 408 g/mol. The third-order valence-electron chi connectivity index (χ3n) is 4.12. The Morgan fingerprint density at radius 2 is 1.92 bits per heavy atom. The lowest BCUT2D eigenvalue weighted by atomic mass is 9.96. The number of carboxylic acid groups (broad SMARTS) is 1. The van der Waals surface area contributed by atoms with Gasteiger partial charge in [0.05, 0.1) is 13.2 Å². The molecule has 8 nitrogen and oxygen atoms in total. The molecule has 0 bridgehead atoms. The monoisotopic (exact) mass is 407 g/mol. The lowest BCUT2D eigenvalue weighted by Crippen LogP contribution is -2.49. The summed E-state index contributed by atoms with van der Waals surface area (Å²) in [4.78, 5) is 11.0. The largest absolute Gasteiger partial charge is 0.506 e. The van der Waals surface area contributed by atoms with Gasteiger partial charge in [0.25, 0.3) is 0 Å². The molecular formula is C16H22ClNO7S. The number of sulfonamides is 1. The maximum absolute atomic E-state index is 12.6. The molecule has 0 spiro atoms. The zero-order valence-electron chi connectivity index (χ0n) is 14.4. The fraction of sp³-hybridized carbons (Fsp3) is 0.562. The summed E-state index contributed by atoms with van der Waals surface area (Å²) in [5.41, 5.74) is -1.28. The summed E-state index contributed by atoms with van der Waals surface area (Å²) >= 11 is 5.79. The van der Waals surface area contributed by atoms with Crippen LogP contribution in [0.5, 0.6) is 5.75 Å². The summed E-state index contributed by atoms with van der Waals surface area (Å²) in [5, 5.41) is 9.53. The van der Waals surface area contributed by atoms with Crippen LogP contribution in [0.1, 0.15) is 12.8 Å². The second-order valence-electron chi connectivity index (χ2n) is 6.04. The Morgan fingerprint density at radius 1 is 1.31 bits per heavy atom. The molecule has 1 heterocycles. The number of ether oxygens (including phenoxy) is 3. The van der Waals surface area contributed by atoms with Crippen LogP contribution in [0.15, 0.2) is 24.3 Å². The van der Waals surface area contributed by atoms with Gasteiger partial charge in [0.1, 0.15) is 23.7 Å². The molecule has 0 aliphatic carbocycles. The van der Waals surface area contributed by atoms with Crippen LogP contribution in [0.3, 0.4) is 0 Å². The molecule has 1 saturated heterocycles. The summed E-state index contributed by atoms with van der Waals surface area (Å²) in [6.45, 7) is 0.774. The van der Waals surface area contributed by atoms with Crippen LogP contribution >= 0.6 is 11.6 Å². The zero-order chi connectivity index (χ0) is 19.2. The standard InChI is InChI=1S/C16H22ClNO7S/c1-18(8-11-24-14-4-2-13(17)3-5-14)26(21,22)12-16(25-15(19)20)6-9-23-10-7-16/h2-5H,6-12H2,1H3,(H,19,20). The van der Waals surface area contributed by atoms with Crippen LogP contribution in [0.4, 0.5) is 4.79 Å². The molecule has 0 radical (unpaired) electrons. The molecule has 2 rings (SSSR count).